The highest BCUT2D eigenvalue weighted by molar-refractivity contribution is 4.97. The largest absolute Gasteiger partial charge is 0.394 e. The molecule has 18 heavy (non-hydrogen) atoms. The second-order valence-electron chi connectivity index (χ2n) is 5.77. The highest BCUT2D eigenvalue weighted by Gasteiger charge is 2.40. The van der Waals surface area contributed by atoms with Gasteiger partial charge in [-0.25, -0.2) is 0 Å². The van der Waals surface area contributed by atoms with Crippen LogP contribution in [0, 0.1) is 0 Å². The number of rotatable bonds is 4. The standard InChI is InChI=1S/C13H26N2O3/c1-17-11-7-15(8-12(11)18-2)10-4-3-5-13(14,6-10)9-16/h10-12,16H,3-9,14H2,1-2H3. The van der Waals surface area contributed by atoms with Gasteiger partial charge in [0.05, 0.1) is 18.8 Å². The number of hydrogen-bond donors (Lipinski definition) is 2. The van der Waals surface area contributed by atoms with Gasteiger partial charge >= 0.3 is 0 Å². The number of aliphatic hydroxyl groups excluding tert-OH is 1. The summed E-state index contributed by atoms with van der Waals surface area (Å²) in [4.78, 5) is 2.42. The number of nitrogens with two attached hydrogens (primary N) is 1. The average Bonchev–Trinajstić information content (AvgIpc) is 2.82. The minimum atomic E-state index is -0.392. The first-order valence-corrected chi connectivity index (χ1v) is 6.81. The van der Waals surface area contributed by atoms with Crippen molar-refractivity contribution in [3.8, 4) is 0 Å². The Labute approximate surface area is 109 Å². The molecule has 1 aliphatic carbocycles. The molecule has 0 spiro atoms. The van der Waals surface area contributed by atoms with Gasteiger partial charge in [0.25, 0.3) is 0 Å². The molecule has 0 aromatic rings. The van der Waals surface area contributed by atoms with E-state index in [0.29, 0.717) is 6.04 Å². The fourth-order valence-electron chi connectivity index (χ4n) is 3.34. The maximum atomic E-state index is 9.41. The molecule has 4 unspecified atom stereocenters. The van der Waals surface area contributed by atoms with E-state index in [1.54, 1.807) is 14.2 Å². The second kappa shape index (κ2) is 5.84. The van der Waals surface area contributed by atoms with Crippen LogP contribution in [-0.4, -0.2) is 67.7 Å². The molecule has 1 aliphatic heterocycles. The van der Waals surface area contributed by atoms with Crippen LogP contribution in [-0.2, 0) is 9.47 Å². The third-order valence-electron chi connectivity index (χ3n) is 4.53. The molecular formula is C13H26N2O3. The molecule has 4 atom stereocenters. The minimum Gasteiger partial charge on any atom is -0.394 e. The molecule has 5 nitrogen and oxygen atoms in total. The van der Waals surface area contributed by atoms with Crippen molar-refractivity contribution in [1.29, 1.82) is 0 Å². The maximum Gasteiger partial charge on any atom is 0.0971 e. The third kappa shape index (κ3) is 2.86. The molecule has 5 heteroatoms. The molecule has 1 saturated heterocycles. The van der Waals surface area contributed by atoms with Crippen molar-refractivity contribution in [2.45, 2.75) is 49.5 Å². The van der Waals surface area contributed by atoms with E-state index >= 15 is 0 Å². The van der Waals surface area contributed by atoms with Crippen molar-refractivity contribution in [2.24, 2.45) is 5.73 Å². The molecule has 0 aromatic heterocycles. The molecular weight excluding hydrogens is 232 g/mol. The summed E-state index contributed by atoms with van der Waals surface area (Å²) in [6, 6.07) is 0.452. The summed E-state index contributed by atoms with van der Waals surface area (Å²) in [6.45, 7) is 1.89. The van der Waals surface area contributed by atoms with Gasteiger partial charge in [-0.1, -0.05) is 0 Å². The molecule has 0 aromatic carbocycles. The molecule has 3 N–H and O–H groups in total. The van der Waals surface area contributed by atoms with E-state index in [1.807, 2.05) is 0 Å². The van der Waals surface area contributed by atoms with Crippen LogP contribution in [0.25, 0.3) is 0 Å². The van der Waals surface area contributed by atoms with E-state index in [0.717, 1.165) is 38.8 Å². The Morgan fingerprint density at radius 1 is 1.28 bits per heavy atom. The van der Waals surface area contributed by atoms with Crippen LogP contribution in [0.15, 0.2) is 0 Å². The van der Waals surface area contributed by atoms with Gasteiger partial charge in [0.15, 0.2) is 0 Å². The number of nitrogens with zero attached hydrogens (tertiary/aromatic N) is 1. The van der Waals surface area contributed by atoms with Crippen LogP contribution in [0.1, 0.15) is 25.7 Å². The monoisotopic (exact) mass is 258 g/mol. The molecule has 1 heterocycles. The van der Waals surface area contributed by atoms with Crippen LogP contribution in [0.4, 0.5) is 0 Å². The molecule has 2 fully saturated rings. The van der Waals surface area contributed by atoms with E-state index in [2.05, 4.69) is 4.90 Å². The zero-order valence-electron chi connectivity index (χ0n) is 11.5. The number of methoxy groups -OCH3 is 2. The summed E-state index contributed by atoms with van der Waals surface area (Å²) in [5, 5.41) is 9.41. The van der Waals surface area contributed by atoms with E-state index in [4.69, 9.17) is 15.2 Å². The summed E-state index contributed by atoms with van der Waals surface area (Å²) in [6.07, 6.45) is 4.35. The molecule has 106 valence electrons. The average molecular weight is 258 g/mol. The lowest BCUT2D eigenvalue weighted by atomic mass is 9.80. The van der Waals surface area contributed by atoms with Crippen molar-refractivity contribution in [2.75, 3.05) is 33.9 Å². The highest BCUT2D eigenvalue weighted by Crippen LogP contribution is 2.31. The fraction of sp³-hybridized carbons (Fsp3) is 1.00. The SMILES string of the molecule is COC1CN(C2CCCC(N)(CO)C2)CC1OC. The van der Waals surface area contributed by atoms with Crippen LogP contribution in [0.2, 0.25) is 0 Å². The Kier molecular flexibility index (Phi) is 4.61. The molecule has 0 amide bonds. The molecule has 2 aliphatic rings. The summed E-state index contributed by atoms with van der Waals surface area (Å²) in [7, 11) is 3.48. The summed E-state index contributed by atoms with van der Waals surface area (Å²) >= 11 is 0. The molecule has 0 radical (unpaired) electrons. The van der Waals surface area contributed by atoms with E-state index in [-0.39, 0.29) is 18.8 Å². The Morgan fingerprint density at radius 2 is 1.89 bits per heavy atom. The van der Waals surface area contributed by atoms with Crippen LogP contribution in [0.3, 0.4) is 0 Å². The van der Waals surface area contributed by atoms with E-state index in [1.165, 1.54) is 0 Å². The topological polar surface area (TPSA) is 68.0 Å². The van der Waals surface area contributed by atoms with Gasteiger partial charge in [0.2, 0.25) is 0 Å². The lowest BCUT2D eigenvalue weighted by molar-refractivity contribution is -0.00461. The van der Waals surface area contributed by atoms with E-state index in [9.17, 15) is 5.11 Å². The first-order valence-electron chi connectivity index (χ1n) is 6.81. The normalized spacial score (nSPS) is 42.3. The minimum absolute atomic E-state index is 0.0821. The summed E-state index contributed by atoms with van der Waals surface area (Å²) < 4.78 is 10.9. The highest BCUT2D eigenvalue weighted by atomic mass is 16.5. The van der Waals surface area contributed by atoms with Crippen molar-refractivity contribution in [1.82, 2.24) is 4.90 Å². The van der Waals surface area contributed by atoms with Gasteiger partial charge in [-0.15, -0.1) is 0 Å². The van der Waals surface area contributed by atoms with Crippen molar-refractivity contribution >= 4 is 0 Å². The van der Waals surface area contributed by atoms with Gasteiger partial charge in [-0.3, -0.25) is 4.90 Å². The van der Waals surface area contributed by atoms with Crippen molar-refractivity contribution in [3.05, 3.63) is 0 Å². The van der Waals surface area contributed by atoms with Crippen LogP contribution in [0.5, 0.6) is 0 Å². The summed E-state index contributed by atoms with van der Waals surface area (Å²) in [5.41, 5.74) is 5.82. The number of hydrogen-bond acceptors (Lipinski definition) is 5. The lowest BCUT2D eigenvalue weighted by Gasteiger charge is -2.40. The first kappa shape index (κ1) is 14.2. The maximum absolute atomic E-state index is 9.41. The molecule has 0 bridgehead atoms. The van der Waals surface area contributed by atoms with Gasteiger partial charge in [-0.2, -0.15) is 0 Å². The van der Waals surface area contributed by atoms with Crippen LogP contribution < -0.4 is 5.73 Å². The Balaban J connectivity index is 1.96. The predicted molar refractivity (Wildman–Crippen MR) is 69.4 cm³/mol. The zero-order valence-corrected chi connectivity index (χ0v) is 11.5. The predicted octanol–water partition coefficient (Wildman–Crippen LogP) is -0.0356. The zero-order chi connectivity index (χ0) is 13.2. The van der Waals surface area contributed by atoms with Crippen molar-refractivity contribution < 1.29 is 14.6 Å². The summed E-state index contributed by atoms with van der Waals surface area (Å²) in [5.74, 6) is 0. The van der Waals surface area contributed by atoms with Crippen molar-refractivity contribution in [3.63, 3.8) is 0 Å². The van der Waals surface area contributed by atoms with Gasteiger partial charge < -0.3 is 20.3 Å². The Hall–Kier alpha value is -0.200. The Bertz CT molecular complexity index is 265. The number of ether oxygens (including phenoxy) is 2. The third-order valence-corrected chi connectivity index (χ3v) is 4.53. The Morgan fingerprint density at radius 3 is 2.39 bits per heavy atom. The molecule has 2 rings (SSSR count). The van der Waals surface area contributed by atoms with Gasteiger partial charge in [0.1, 0.15) is 0 Å². The fourth-order valence-corrected chi connectivity index (χ4v) is 3.34. The quantitative estimate of drug-likeness (QED) is 0.741. The number of likely N-dealkylation sites (tertiary alicyclic amines) is 1. The van der Waals surface area contributed by atoms with Crippen LogP contribution >= 0.6 is 0 Å². The van der Waals surface area contributed by atoms with Gasteiger partial charge in [0, 0.05) is 38.9 Å². The lowest BCUT2D eigenvalue weighted by Crippen LogP contribution is -2.53. The van der Waals surface area contributed by atoms with E-state index < -0.39 is 5.54 Å². The molecule has 1 saturated carbocycles. The second-order valence-corrected chi connectivity index (χ2v) is 5.77. The first-order chi connectivity index (χ1) is 8.61. The van der Waals surface area contributed by atoms with Gasteiger partial charge in [-0.05, 0) is 25.7 Å². The number of aliphatic hydroxyl groups is 1. The smallest absolute Gasteiger partial charge is 0.0971 e.